The minimum Gasteiger partial charge on any atom is -0.506 e. The van der Waals surface area contributed by atoms with E-state index in [4.69, 9.17) is 14.7 Å². The molecule has 0 bridgehead atoms. The normalized spacial score (nSPS) is 17.8. The van der Waals surface area contributed by atoms with E-state index in [-0.39, 0.29) is 11.8 Å². The lowest BCUT2D eigenvalue weighted by Gasteiger charge is -2.32. The van der Waals surface area contributed by atoms with E-state index in [1.54, 1.807) is 12.3 Å². The molecule has 0 radical (unpaired) electrons. The SMILES string of the molecule is Oc1cncc(-c2nc(N3CCOCC3)c3nnn(C4CCN(Cc5ccccc5)CC4)c3n2)c1. The topological polar surface area (TPSA) is 105 Å². The van der Waals surface area contributed by atoms with Gasteiger partial charge in [0.1, 0.15) is 5.75 Å². The van der Waals surface area contributed by atoms with E-state index < -0.39 is 0 Å². The van der Waals surface area contributed by atoms with Crippen molar-refractivity contribution in [1.82, 2.24) is 34.8 Å². The molecule has 4 aromatic rings. The molecular weight excluding hydrogens is 444 g/mol. The summed E-state index contributed by atoms with van der Waals surface area (Å²) < 4.78 is 7.52. The van der Waals surface area contributed by atoms with Gasteiger partial charge in [-0.1, -0.05) is 35.5 Å². The first-order valence-electron chi connectivity index (χ1n) is 12.1. The summed E-state index contributed by atoms with van der Waals surface area (Å²) in [6, 6.07) is 12.4. The van der Waals surface area contributed by atoms with Gasteiger partial charge in [0, 0.05) is 44.5 Å². The third-order valence-corrected chi connectivity index (χ3v) is 6.75. The fourth-order valence-electron chi connectivity index (χ4n) is 4.90. The fourth-order valence-corrected chi connectivity index (χ4v) is 4.90. The number of benzene rings is 1. The summed E-state index contributed by atoms with van der Waals surface area (Å²) in [4.78, 5) is 18.5. The summed E-state index contributed by atoms with van der Waals surface area (Å²) in [6.45, 7) is 5.69. The molecule has 1 N–H and O–H groups in total. The number of rotatable bonds is 5. The number of nitrogens with zero attached hydrogens (tertiary/aromatic N) is 8. The van der Waals surface area contributed by atoms with Gasteiger partial charge in [0.05, 0.1) is 25.5 Å². The number of ether oxygens (including phenoxy) is 1. The third-order valence-electron chi connectivity index (χ3n) is 6.75. The van der Waals surface area contributed by atoms with Gasteiger partial charge in [0.15, 0.2) is 22.8 Å². The van der Waals surface area contributed by atoms with Crippen LogP contribution in [0.2, 0.25) is 0 Å². The zero-order valence-electron chi connectivity index (χ0n) is 19.5. The monoisotopic (exact) mass is 472 g/mol. The molecule has 5 heterocycles. The second-order valence-corrected chi connectivity index (χ2v) is 9.10. The van der Waals surface area contributed by atoms with Crippen LogP contribution in [0.3, 0.4) is 0 Å². The predicted molar refractivity (Wildman–Crippen MR) is 131 cm³/mol. The number of likely N-dealkylation sites (tertiary alicyclic amines) is 1. The molecule has 6 rings (SSSR count). The minimum atomic E-state index is 0.0801. The van der Waals surface area contributed by atoms with Crippen LogP contribution in [0.15, 0.2) is 48.8 Å². The van der Waals surface area contributed by atoms with Crippen molar-refractivity contribution in [1.29, 1.82) is 0 Å². The van der Waals surface area contributed by atoms with Gasteiger partial charge in [0.25, 0.3) is 0 Å². The Morgan fingerprint density at radius 3 is 2.54 bits per heavy atom. The predicted octanol–water partition coefficient (Wildman–Crippen LogP) is 2.66. The fraction of sp³-hybridized carbons (Fsp3) is 0.400. The van der Waals surface area contributed by atoms with Crippen LogP contribution in [0.4, 0.5) is 5.82 Å². The lowest BCUT2D eigenvalue weighted by Crippen LogP contribution is -2.37. The zero-order valence-corrected chi connectivity index (χ0v) is 19.5. The molecule has 10 heteroatoms. The summed E-state index contributed by atoms with van der Waals surface area (Å²) in [5.41, 5.74) is 3.42. The van der Waals surface area contributed by atoms with Crippen molar-refractivity contribution in [2.24, 2.45) is 0 Å². The summed E-state index contributed by atoms with van der Waals surface area (Å²) in [6.07, 6.45) is 5.02. The number of hydrogen-bond donors (Lipinski definition) is 1. The highest BCUT2D eigenvalue weighted by Crippen LogP contribution is 2.31. The van der Waals surface area contributed by atoms with E-state index in [0.29, 0.717) is 30.1 Å². The average molecular weight is 473 g/mol. The molecular formula is C25H28N8O2. The molecule has 0 amide bonds. The Labute approximate surface area is 203 Å². The van der Waals surface area contributed by atoms with E-state index in [9.17, 15) is 5.11 Å². The molecule has 1 aromatic carbocycles. The van der Waals surface area contributed by atoms with Crippen LogP contribution in [0.1, 0.15) is 24.4 Å². The molecule has 2 fully saturated rings. The van der Waals surface area contributed by atoms with E-state index in [1.165, 1.54) is 11.8 Å². The summed E-state index contributed by atoms with van der Waals surface area (Å²) >= 11 is 0. The first-order valence-corrected chi connectivity index (χ1v) is 12.1. The van der Waals surface area contributed by atoms with Crippen LogP contribution in [0, 0.1) is 0 Å². The van der Waals surface area contributed by atoms with Crippen LogP contribution in [-0.4, -0.2) is 79.3 Å². The van der Waals surface area contributed by atoms with E-state index in [1.807, 2.05) is 4.68 Å². The molecule has 2 saturated heterocycles. The number of aromatic nitrogens is 6. The van der Waals surface area contributed by atoms with E-state index in [0.717, 1.165) is 57.0 Å². The van der Waals surface area contributed by atoms with Crippen LogP contribution >= 0.6 is 0 Å². The number of hydrogen-bond acceptors (Lipinski definition) is 9. The van der Waals surface area contributed by atoms with Gasteiger partial charge in [-0.15, -0.1) is 5.10 Å². The first kappa shape index (κ1) is 21.9. The maximum Gasteiger partial charge on any atom is 0.184 e. The van der Waals surface area contributed by atoms with Gasteiger partial charge in [-0.3, -0.25) is 9.88 Å². The molecule has 0 spiro atoms. The standard InChI is InChI=1S/C25H28N8O2/c34-21-14-19(15-26-16-21)23-27-24(32-10-12-35-13-11-32)22-25(28-23)33(30-29-22)20-6-8-31(9-7-20)17-18-4-2-1-3-5-18/h1-5,14-16,20,34H,6-13,17H2. The Morgan fingerprint density at radius 1 is 0.971 bits per heavy atom. The number of pyridine rings is 1. The molecule has 35 heavy (non-hydrogen) atoms. The highest BCUT2D eigenvalue weighted by Gasteiger charge is 2.27. The average Bonchev–Trinajstić information content (AvgIpc) is 3.34. The van der Waals surface area contributed by atoms with Crippen molar-refractivity contribution in [2.45, 2.75) is 25.4 Å². The maximum absolute atomic E-state index is 9.98. The summed E-state index contributed by atoms with van der Waals surface area (Å²) in [5, 5.41) is 19.1. The van der Waals surface area contributed by atoms with Crippen molar-refractivity contribution in [3.63, 3.8) is 0 Å². The Bertz CT molecular complexity index is 1300. The van der Waals surface area contributed by atoms with Crippen molar-refractivity contribution in [2.75, 3.05) is 44.3 Å². The zero-order chi connectivity index (χ0) is 23.6. The molecule has 180 valence electrons. The number of anilines is 1. The van der Waals surface area contributed by atoms with Gasteiger partial charge < -0.3 is 14.7 Å². The molecule has 2 aliphatic heterocycles. The quantitative estimate of drug-likeness (QED) is 0.469. The number of piperidine rings is 1. The van der Waals surface area contributed by atoms with Gasteiger partial charge in [0.2, 0.25) is 0 Å². The van der Waals surface area contributed by atoms with Crippen LogP contribution in [0.5, 0.6) is 5.75 Å². The van der Waals surface area contributed by atoms with Gasteiger partial charge >= 0.3 is 0 Å². The third kappa shape index (κ3) is 4.54. The minimum absolute atomic E-state index is 0.0801. The Kier molecular flexibility index (Phi) is 5.97. The van der Waals surface area contributed by atoms with Gasteiger partial charge in [-0.25, -0.2) is 14.6 Å². The van der Waals surface area contributed by atoms with Crippen LogP contribution in [-0.2, 0) is 11.3 Å². The molecule has 0 saturated carbocycles. The maximum atomic E-state index is 9.98. The highest BCUT2D eigenvalue weighted by molar-refractivity contribution is 5.85. The summed E-state index contributed by atoms with van der Waals surface area (Å²) in [5.74, 6) is 1.34. The summed E-state index contributed by atoms with van der Waals surface area (Å²) in [7, 11) is 0. The van der Waals surface area contributed by atoms with Gasteiger partial charge in [-0.05, 0) is 24.5 Å². The van der Waals surface area contributed by atoms with Gasteiger partial charge in [-0.2, -0.15) is 0 Å². The number of fused-ring (bicyclic) bond motifs is 1. The Balaban J connectivity index is 1.31. The van der Waals surface area contributed by atoms with Crippen molar-refractivity contribution in [3.8, 4) is 17.1 Å². The first-order chi connectivity index (χ1) is 17.2. The second-order valence-electron chi connectivity index (χ2n) is 9.10. The molecule has 0 unspecified atom stereocenters. The molecule has 0 atom stereocenters. The molecule has 2 aliphatic rings. The van der Waals surface area contributed by atoms with Crippen molar-refractivity contribution in [3.05, 3.63) is 54.4 Å². The Hall–Kier alpha value is -3.63. The van der Waals surface area contributed by atoms with Crippen LogP contribution < -0.4 is 4.90 Å². The van der Waals surface area contributed by atoms with Crippen molar-refractivity contribution < 1.29 is 9.84 Å². The second kappa shape index (κ2) is 9.55. The Morgan fingerprint density at radius 2 is 1.77 bits per heavy atom. The number of aromatic hydroxyl groups is 1. The van der Waals surface area contributed by atoms with E-state index in [2.05, 4.69) is 55.4 Å². The highest BCUT2D eigenvalue weighted by atomic mass is 16.5. The smallest absolute Gasteiger partial charge is 0.184 e. The van der Waals surface area contributed by atoms with E-state index >= 15 is 0 Å². The number of morpholine rings is 1. The molecule has 10 nitrogen and oxygen atoms in total. The molecule has 3 aromatic heterocycles. The lowest BCUT2D eigenvalue weighted by atomic mass is 10.0. The lowest BCUT2D eigenvalue weighted by molar-refractivity contribution is 0.122. The largest absolute Gasteiger partial charge is 0.506 e. The molecule has 0 aliphatic carbocycles. The van der Waals surface area contributed by atoms with Crippen LogP contribution in [0.25, 0.3) is 22.6 Å². The van der Waals surface area contributed by atoms with Crippen molar-refractivity contribution >= 4 is 17.0 Å².